The van der Waals surface area contributed by atoms with Crippen molar-refractivity contribution >= 4 is 28.7 Å². The van der Waals surface area contributed by atoms with Gasteiger partial charge in [0, 0.05) is 17.1 Å². The third kappa shape index (κ3) is 8.59. The molecule has 7 heteroatoms. The van der Waals surface area contributed by atoms with Gasteiger partial charge in [-0.1, -0.05) is 72.8 Å². The van der Waals surface area contributed by atoms with Crippen molar-refractivity contribution in [2.45, 2.75) is 12.2 Å². The van der Waals surface area contributed by atoms with E-state index in [9.17, 15) is 10.2 Å². The van der Waals surface area contributed by atoms with E-state index in [0.717, 1.165) is 39.3 Å². The van der Waals surface area contributed by atoms with Crippen molar-refractivity contribution in [3.8, 4) is 11.5 Å². The summed E-state index contributed by atoms with van der Waals surface area (Å²) in [6.07, 6.45) is 0.299. The maximum atomic E-state index is 9.65. The van der Waals surface area contributed by atoms with Gasteiger partial charge in [-0.25, -0.2) is 0 Å². The first-order valence-electron chi connectivity index (χ1n) is 14.8. The van der Waals surface area contributed by atoms with Crippen LogP contribution in [0.4, 0.5) is 17.1 Å². The fourth-order valence-electron chi connectivity index (χ4n) is 4.78. The predicted octanol–water partition coefficient (Wildman–Crippen LogP) is 6.21. The molecule has 5 rings (SSSR count). The normalized spacial score (nSPS) is 12.2. The largest absolute Gasteiger partial charge is 0.491 e. The smallest absolute Gasteiger partial charge is 0.119 e. The molecule has 0 aliphatic rings. The van der Waals surface area contributed by atoms with Crippen LogP contribution in [0.5, 0.6) is 11.5 Å². The van der Waals surface area contributed by atoms with Crippen LogP contribution in [0.2, 0.25) is 0 Å². The van der Waals surface area contributed by atoms with E-state index in [1.54, 1.807) is 0 Å². The molecule has 2 atom stereocenters. The van der Waals surface area contributed by atoms with Gasteiger partial charge in [-0.05, 0) is 89.0 Å². The zero-order chi connectivity index (χ0) is 31.4. The van der Waals surface area contributed by atoms with Crippen LogP contribution < -0.4 is 14.4 Å². The number of aliphatic hydroxyl groups is 4. The van der Waals surface area contributed by atoms with E-state index in [0.29, 0.717) is 11.5 Å². The van der Waals surface area contributed by atoms with E-state index in [4.69, 9.17) is 19.7 Å². The minimum atomic E-state index is -0.947. The number of rotatable bonds is 14. The molecule has 7 nitrogen and oxygen atoms in total. The van der Waals surface area contributed by atoms with Gasteiger partial charge in [0.05, 0.1) is 13.2 Å². The fourth-order valence-corrected chi connectivity index (χ4v) is 4.78. The van der Waals surface area contributed by atoms with E-state index in [1.807, 2.05) is 84.9 Å². The van der Waals surface area contributed by atoms with Crippen molar-refractivity contribution in [1.82, 2.24) is 0 Å². The van der Waals surface area contributed by atoms with Crippen LogP contribution in [0, 0.1) is 0 Å². The molecule has 0 spiro atoms. The van der Waals surface area contributed by atoms with Crippen molar-refractivity contribution in [2.75, 3.05) is 31.3 Å². The summed E-state index contributed by atoms with van der Waals surface area (Å²) in [5.41, 5.74) is 7.15. The molecule has 0 aliphatic carbocycles. The highest BCUT2D eigenvalue weighted by Crippen LogP contribution is 2.37. The molecule has 230 valence electrons. The van der Waals surface area contributed by atoms with Gasteiger partial charge < -0.3 is 34.8 Å². The second kappa shape index (κ2) is 15.7. The maximum Gasteiger partial charge on any atom is 0.119 e. The number of ether oxygens (including phenoxy) is 2. The van der Waals surface area contributed by atoms with Crippen LogP contribution in [0.15, 0.2) is 133 Å². The quantitative estimate of drug-likeness (QED) is 0.112. The van der Waals surface area contributed by atoms with Crippen LogP contribution in [0.25, 0.3) is 11.6 Å². The SMILES string of the molecule is OCC(O)COc1ccc(N(c2ccc(C=C(c3ccccc3)c3ccccc3)cc2)c2ccc(OCC(O)CO)cc2)cc1. The van der Waals surface area contributed by atoms with Crippen molar-refractivity contribution in [3.63, 3.8) is 0 Å². The van der Waals surface area contributed by atoms with Gasteiger partial charge in [0.2, 0.25) is 0 Å². The Bertz CT molecular complexity index is 1520. The lowest BCUT2D eigenvalue weighted by molar-refractivity contribution is 0.0536. The minimum Gasteiger partial charge on any atom is -0.491 e. The first-order valence-corrected chi connectivity index (χ1v) is 14.8. The van der Waals surface area contributed by atoms with Gasteiger partial charge in [-0.3, -0.25) is 0 Å². The van der Waals surface area contributed by atoms with Crippen LogP contribution in [0.3, 0.4) is 0 Å². The molecule has 0 heterocycles. The fraction of sp³-hybridized carbons (Fsp3) is 0.158. The molecule has 2 unspecified atom stereocenters. The molecular formula is C38H37NO6. The van der Waals surface area contributed by atoms with Crippen LogP contribution in [-0.2, 0) is 0 Å². The van der Waals surface area contributed by atoms with Gasteiger partial charge in [0.15, 0.2) is 0 Å². The Morgan fingerprint density at radius 3 is 1.29 bits per heavy atom. The van der Waals surface area contributed by atoms with Crippen LogP contribution >= 0.6 is 0 Å². The van der Waals surface area contributed by atoms with Crippen LogP contribution in [-0.4, -0.2) is 59.1 Å². The predicted molar refractivity (Wildman–Crippen MR) is 178 cm³/mol. The summed E-state index contributed by atoms with van der Waals surface area (Å²) in [6.45, 7) is -0.744. The second-order valence-electron chi connectivity index (χ2n) is 10.5. The third-order valence-electron chi connectivity index (χ3n) is 7.13. The zero-order valence-corrected chi connectivity index (χ0v) is 24.8. The molecule has 0 fully saturated rings. The highest BCUT2D eigenvalue weighted by molar-refractivity contribution is 5.91. The molecule has 0 amide bonds. The molecule has 45 heavy (non-hydrogen) atoms. The number of hydrogen-bond acceptors (Lipinski definition) is 7. The first-order chi connectivity index (χ1) is 22.0. The Morgan fingerprint density at radius 1 is 0.533 bits per heavy atom. The second-order valence-corrected chi connectivity index (χ2v) is 10.5. The Morgan fingerprint density at radius 2 is 0.911 bits per heavy atom. The molecule has 0 aromatic heterocycles. The summed E-state index contributed by atoms with van der Waals surface area (Å²) in [5.74, 6) is 1.15. The Labute approximate surface area is 263 Å². The summed E-state index contributed by atoms with van der Waals surface area (Å²) in [5, 5.41) is 37.5. The van der Waals surface area contributed by atoms with E-state index >= 15 is 0 Å². The van der Waals surface area contributed by atoms with E-state index < -0.39 is 12.2 Å². The lowest BCUT2D eigenvalue weighted by Crippen LogP contribution is -2.21. The number of aliphatic hydroxyl groups excluding tert-OH is 4. The number of benzene rings is 5. The van der Waals surface area contributed by atoms with Crippen molar-refractivity contribution in [1.29, 1.82) is 0 Å². The Kier molecular flexibility index (Phi) is 11.0. The molecule has 0 saturated heterocycles. The van der Waals surface area contributed by atoms with Gasteiger partial charge in [-0.2, -0.15) is 0 Å². The first kappa shape index (κ1) is 31.5. The summed E-state index contributed by atoms with van der Waals surface area (Å²) in [7, 11) is 0. The average molecular weight is 604 g/mol. The van der Waals surface area contributed by atoms with Crippen molar-refractivity contribution in [3.05, 3.63) is 150 Å². The van der Waals surface area contributed by atoms with E-state index in [-0.39, 0.29) is 26.4 Å². The van der Waals surface area contributed by atoms with Gasteiger partial charge in [0.1, 0.15) is 36.9 Å². The van der Waals surface area contributed by atoms with Gasteiger partial charge in [0.25, 0.3) is 0 Å². The standard InChI is InChI=1S/C38H37NO6/c40-24-34(42)26-44-36-19-15-32(16-20-36)39(33-17-21-37(22-18-33)45-27-35(43)25-41)31-13-11-28(12-14-31)23-38(29-7-3-1-4-8-29)30-9-5-2-6-10-30/h1-23,34-35,40-43H,24-27H2. The molecule has 4 N–H and O–H groups in total. The molecule has 0 radical (unpaired) electrons. The third-order valence-corrected chi connectivity index (χ3v) is 7.13. The number of anilines is 3. The molecule has 0 aliphatic heterocycles. The zero-order valence-electron chi connectivity index (χ0n) is 24.8. The summed E-state index contributed by atoms with van der Waals surface area (Å²) in [6, 6.07) is 44.0. The molecule has 5 aromatic rings. The summed E-state index contributed by atoms with van der Waals surface area (Å²) < 4.78 is 11.2. The average Bonchev–Trinajstić information content (AvgIpc) is 3.11. The molecule has 0 bridgehead atoms. The van der Waals surface area contributed by atoms with Crippen molar-refractivity contribution < 1.29 is 29.9 Å². The highest BCUT2D eigenvalue weighted by atomic mass is 16.5. The topological polar surface area (TPSA) is 103 Å². The van der Waals surface area contributed by atoms with Gasteiger partial charge in [-0.15, -0.1) is 0 Å². The highest BCUT2D eigenvalue weighted by Gasteiger charge is 2.14. The van der Waals surface area contributed by atoms with Crippen LogP contribution in [0.1, 0.15) is 16.7 Å². The van der Waals surface area contributed by atoms with E-state index in [2.05, 4.69) is 59.5 Å². The summed E-state index contributed by atoms with van der Waals surface area (Å²) in [4.78, 5) is 2.10. The number of nitrogens with zero attached hydrogens (tertiary/aromatic N) is 1. The monoisotopic (exact) mass is 603 g/mol. The Hall–Kier alpha value is -4.92. The Balaban J connectivity index is 1.46. The van der Waals surface area contributed by atoms with E-state index in [1.165, 1.54) is 0 Å². The molecular weight excluding hydrogens is 566 g/mol. The minimum absolute atomic E-state index is 0.00503. The van der Waals surface area contributed by atoms with Gasteiger partial charge >= 0.3 is 0 Å². The molecule has 0 saturated carbocycles. The summed E-state index contributed by atoms with van der Waals surface area (Å²) >= 11 is 0. The molecule has 5 aromatic carbocycles. The van der Waals surface area contributed by atoms with Crippen molar-refractivity contribution in [2.24, 2.45) is 0 Å². The lowest BCUT2D eigenvalue weighted by Gasteiger charge is -2.26. The lowest BCUT2D eigenvalue weighted by atomic mass is 9.95. The number of hydrogen-bond donors (Lipinski definition) is 4. The maximum absolute atomic E-state index is 9.65.